The SMILES string of the molecule is CC#CCCCCC(NCC)C(C)C. The summed E-state index contributed by atoms with van der Waals surface area (Å²) < 4.78 is 0. The number of nitrogens with one attached hydrogen (secondary N) is 1. The summed E-state index contributed by atoms with van der Waals surface area (Å²) in [6.07, 6.45) is 4.89. The van der Waals surface area contributed by atoms with Gasteiger partial charge in [-0.05, 0) is 32.2 Å². The predicted molar refractivity (Wildman–Crippen MR) is 64.2 cm³/mol. The van der Waals surface area contributed by atoms with Crippen LogP contribution in [0.4, 0.5) is 0 Å². The van der Waals surface area contributed by atoms with Gasteiger partial charge >= 0.3 is 0 Å². The van der Waals surface area contributed by atoms with Gasteiger partial charge in [-0.1, -0.05) is 27.2 Å². The maximum Gasteiger partial charge on any atom is 0.00899 e. The molecule has 0 bridgehead atoms. The van der Waals surface area contributed by atoms with Gasteiger partial charge in [0.15, 0.2) is 0 Å². The van der Waals surface area contributed by atoms with Crippen LogP contribution >= 0.6 is 0 Å². The van der Waals surface area contributed by atoms with Crippen molar-refractivity contribution in [2.75, 3.05) is 6.54 Å². The van der Waals surface area contributed by atoms with E-state index in [-0.39, 0.29) is 0 Å². The lowest BCUT2D eigenvalue weighted by Crippen LogP contribution is -2.33. The van der Waals surface area contributed by atoms with E-state index in [1.165, 1.54) is 19.3 Å². The van der Waals surface area contributed by atoms with Gasteiger partial charge in [-0.15, -0.1) is 11.8 Å². The van der Waals surface area contributed by atoms with Crippen LogP contribution in [0.3, 0.4) is 0 Å². The maximum absolute atomic E-state index is 3.54. The lowest BCUT2D eigenvalue weighted by atomic mass is 9.98. The molecule has 1 N–H and O–H groups in total. The Bertz CT molecular complexity index is 173. The number of hydrogen-bond acceptors (Lipinski definition) is 1. The Morgan fingerprint density at radius 2 is 1.93 bits per heavy atom. The Balaban J connectivity index is 3.53. The molecule has 0 saturated heterocycles. The summed E-state index contributed by atoms with van der Waals surface area (Å²) >= 11 is 0. The molecule has 0 aliphatic heterocycles. The minimum absolute atomic E-state index is 0.689. The van der Waals surface area contributed by atoms with Crippen molar-refractivity contribution in [2.45, 2.75) is 59.4 Å². The van der Waals surface area contributed by atoms with E-state index in [0.717, 1.165) is 18.9 Å². The first kappa shape index (κ1) is 13.5. The van der Waals surface area contributed by atoms with Crippen LogP contribution in [0.2, 0.25) is 0 Å². The van der Waals surface area contributed by atoms with Crippen molar-refractivity contribution in [1.29, 1.82) is 0 Å². The van der Waals surface area contributed by atoms with Crippen LogP contribution in [0.25, 0.3) is 0 Å². The highest BCUT2D eigenvalue weighted by Crippen LogP contribution is 2.10. The normalized spacial score (nSPS) is 12.4. The largest absolute Gasteiger partial charge is 0.314 e. The average Bonchev–Trinajstić information content (AvgIpc) is 2.15. The van der Waals surface area contributed by atoms with Gasteiger partial charge < -0.3 is 5.32 Å². The third-order valence-corrected chi connectivity index (χ3v) is 2.51. The third-order valence-electron chi connectivity index (χ3n) is 2.51. The molecule has 1 atom stereocenters. The molecule has 0 amide bonds. The van der Waals surface area contributed by atoms with Crippen LogP contribution in [0, 0.1) is 17.8 Å². The van der Waals surface area contributed by atoms with Crippen molar-refractivity contribution in [3.63, 3.8) is 0 Å². The molecule has 0 aromatic carbocycles. The van der Waals surface area contributed by atoms with Crippen molar-refractivity contribution in [2.24, 2.45) is 5.92 Å². The number of hydrogen-bond donors (Lipinski definition) is 1. The highest BCUT2D eigenvalue weighted by Gasteiger charge is 2.10. The second-order valence-corrected chi connectivity index (χ2v) is 4.08. The smallest absolute Gasteiger partial charge is 0.00899 e. The Morgan fingerprint density at radius 1 is 1.21 bits per heavy atom. The van der Waals surface area contributed by atoms with Crippen molar-refractivity contribution < 1.29 is 0 Å². The van der Waals surface area contributed by atoms with E-state index in [9.17, 15) is 0 Å². The molecule has 1 nitrogen and oxygen atoms in total. The van der Waals surface area contributed by atoms with Crippen LogP contribution in [0.5, 0.6) is 0 Å². The zero-order chi connectivity index (χ0) is 10.8. The number of unbranched alkanes of at least 4 members (excludes halogenated alkanes) is 2. The fourth-order valence-electron chi connectivity index (χ4n) is 1.64. The molecule has 1 unspecified atom stereocenters. The van der Waals surface area contributed by atoms with E-state index in [1.54, 1.807) is 0 Å². The molecule has 0 rings (SSSR count). The molecule has 0 aromatic rings. The van der Waals surface area contributed by atoms with Gasteiger partial charge in [-0.25, -0.2) is 0 Å². The fraction of sp³-hybridized carbons (Fsp3) is 0.846. The van der Waals surface area contributed by atoms with Crippen LogP contribution < -0.4 is 5.32 Å². The van der Waals surface area contributed by atoms with Gasteiger partial charge in [0, 0.05) is 12.5 Å². The molecule has 0 radical (unpaired) electrons. The van der Waals surface area contributed by atoms with Crippen LogP contribution in [-0.4, -0.2) is 12.6 Å². The maximum atomic E-state index is 3.54. The predicted octanol–water partition coefficient (Wildman–Crippen LogP) is 3.20. The summed E-state index contributed by atoms with van der Waals surface area (Å²) in [5.74, 6) is 6.79. The van der Waals surface area contributed by atoms with Crippen molar-refractivity contribution >= 4 is 0 Å². The third kappa shape index (κ3) is 6.97. The lowest BCUT2D eigenvalue weighted by molar-refractivity contribution is 0.374. The summed E-state index contributed by atoms with van der Waals surface area (Å²) in [6, 6.07) is 0.689. The summed E-state index contributed by atoms with van der Waals surface area (Å²) in [6.45, 7) is 9.75. The molecule has 0 fully saturated rings. The van der Waals surface area contributed by atoms with E-state index in [2.05, 4.69) is 37.9 Å². The van der Waals surface area contributed by atoms with E-state index in [1.807, 2.05) is 6.92 Å². The molecular formula is C13H25N. The Labute approximate surface area is 89.7 Å². The molecule has 0 spiro atoms. The fourth-order valence-corrected chi connectivity index (χ4v) is 1.64. The Hall–Kier alpha value is -0.480. The second-order valence-electron chi connectivity index (χ2n) is 4.08. The Morgan fingerprint density at radius 3 is 2.43 bits per heavy atom. The average molecular weight is 195 g/mol. The topological polar surface area (TPSA) is 12.0 Å². The standard InChI is InChI=1S/C13H25N/c1-5-7-8-9-10-11-13(12(3)4)14-6-2/h12-14H,6,8-11H2,1-4H3. The zero-order valence-corrected chi connectivity index (χ0v) is 10.2. The molecular weight excluding hydrogens is 170 g/mol. The van der Waals surface area contributed by atoms with Crippen LogP contribution in [0.15, 0.2) is 0 Å². The molecule has 1 heteroatoms. The minimum atomic E-state index is 0.689. The van der Waals surface area contributed by atoms with Gasteiger partial charge in [-0.3, -0.25) is 0 Å². The van der Waals surface area contributed by atoms with Crippen LogP contribution in [0.1, 0.15) is 53.4 Å². The molecule has 0 saturated carbocycles. The van der Waals surface area contributed by atoms with E-state index >= 15 is 0 Å². The van der Waals surface area contributed by atoms with Crippen molar-refractivity contribution in [3.8, 4) is 11.8 Å². The molecule has 0 aliphatic rings. The molecule has 82 valence electrons. The molecule has 0 aromatic heterocycles. The monoisotopic (exact) mass is 195 g/mol. The van der Waals surface area contributed by atoms with Gasteiger partial charge in [0.1, 0.15) is 0 Å². The number of rotatable bonds is 7. The summed E-state index contributed by atoms with van der Waals surface area (Å²) in [4.78, 5) is 0. The van der Waals surface area contributed by atoms with E-state index in [4.69, 9.17) is 0 Å². The second kappa shape index (κ2) is 9.09. The quantitative estimate of drug-likeness (QED) is 0.486. The van der Waals surface area contributed by atoms with Gasteiger partial charge in [0.25, 0.3) is 0 Å². The van der Waals surface area contributed by atoms with E-state index < -0.39 is 0 Å². The van der Waals surface area contributed by atoms with Crippen LogP contribution in [-0.2, 0) is 0 Å². The van der Waals surface area contributed by atoms with E-state index in [0.29, 0.717) is 6.04 Å². The van der Waals surface area contributed by atoms with Gasteiger partial charge in [0.2, 0.25) is 0 Å². The van der Waals surface area contributed by atoms with Gasteiger partial charge in [-0.2, -0.15) is 0 Å². The molecule has 14 heavy (non-hydrogen) atoms. The highest BCUT2D eigenvalue weighted by atomic mass is 14.9. The Kier molecular flexibility index (Phi) is 8.78. The summed E-state index contributed by atoms with van der Waals surface area (Å²) in [7, 11) is 0. The summed E-state index contributed by atoms with van der Waals surface area (Å²) in [5, 5.41) is 3.54. The van der Waals surface area contributed by atoms with Crippen molar-refractivity contribution in [1.82, 2.24) is 5.32 Å². The molecule has 0 aliphatic carbocycles. The highest BCUT2D eigenvalue weighted by molar-refractivity contribution is 4.94. The zero-order valence-electron chi connectivity index (χ0n) is 10.2. The first-order chi connectivity index (χ1) is 6.72. The van der Waals surface area contributed by atoms with Gasteiger partial charge in [0.05, 0.1) is 0 Å². The minimum Gasteiger partial charge on any atom is -0.314 e. The first-order valence-corrected chi connectivity index (χ1v) is 5.85. The molecule has 0 heterocycles. The first-order valence-electron chi connectivity index (χ1n) is 5.85. The lowest BCUT2D eigenvalue weighted by Gasteiger charge is -2.21. The van der Waals surface area contributed by atoms with Crippen molar-refractivity contribution in [3.05, 3.63) is 0 Å². The summed E-state index contributed by atoms with van der Waals surface area (Å²) in [5.41, 5.74) is 0.